The first-order chi connectivity index (χ1) is 18.4. The molecule has 0 heterocycles. The fraction of sp³-hybridized carbons (Fsp3) is 0.133. The first kappa shape index (κ1) is 27.6. The van der Waals surface area contributed by atoms with Crippen LogP contribution in [0, 0.1) is 0 Å². The van der Waals surface area contributed by atoms with Gasteiger partial charge >= 0.3 is 5.97 Å². The molecule has 0 spiro atoms. The molecular weight excluding hydrogens is 541 g/mol. The molecule has 194 valence electrons. The third-order valence-electron chi connectivity index (χ3n) is 5.59. The summed E-state index contributed by atoms with van der Waals surface area (Å²) < 4.78 is 10.7. The van der Waals surface area contributed by atoms with Crippen molar-refractivity contribution in [2.45, 2.75) is 29.2 Å². The van der Waals surface area contributed by atoms with E-state index in [4.69, 9.17) is 32.7 Å². The molecule has 0 unspecified atom stereocenters. The Hall–Kier alpha value is -3.45. The van der Waals surface area contributed by atoms with E-state index in [1.807, 2.05) is 72.8 Å². The third-order valence-corrected chi connectivity index (χ3v) is 7.25. The second-order valence-electron chi connectivity index (χ2n) is 8.34. The average Bonchev–Trinajstić information content (AvgIpc) is 2.93. The molecule has 0 radical (unpaired) electrons. The molecule has 8 heteroatoms. The molecule has 0 aliphatic rings. The number of anilines is 1. The highest BCUT2D eigenvalue weighted by Gasteiger charge is 2.13. The van der Waals surface area contributed by atoms with Crippen LogP contribution in [-0.4, -0.2) is 19.0 Å². The number of methoxy groups -OCH3 is 1. The summed E-state index contributed by atoms with van der Waals surface area (Å²) in [5.41, 5.74) is 2.64. The number of ether oxygens (including phenoxy) is 2. The van der Waals surface area contributed by atoms with Crippen molar-refractivity contribution >= 4 is 52.5 Å². The fourth-order valence-corrected chi connectivity index (χ4v) is 5.08. The Morgan fingerprint density at radius 3 is 2.39 bits per heavy atom. The molecule has 1 amide bonds. The summed E-state index contributed by atoms with van der Waals surface area (Å²) in [6.07, 6.45) is 0.694. The van der Waals surface area contributed by atoms with Crippen molar-refractivity contribution in [3.8, 4) is 5.75 Å². The zero-order chi connectivity index (χ0) is 26.9. The Morgan fingerprint density at radius 2 is 1.63 bits per heavy atom. The number of amides is 1. The summed E-state index contributed by atoms with van der Waals surface area (Å²) in [4.78, 5) is 26.3. The van der Waals surface area contributed by atoms with Crippen LogP contribution in [0.4, 0.5) is 5.69 Å². The van der Waals surface area contributed by atoms with Crippen molar-refractivity contribution in [2.24, 2.45) is 0 Å². The number of nitrogens with one attached hydrogen (secondary N) is 1. The minimum atomic E-state index is -0.567. The lowest BCUT2D eigenvalue weighted by molar-refractivity contribution is -0.116. The van der Waals surface area contributed by atoms with E-state index in [-0.39, 0.29) is 22.9 Å². The summed E-state index contributed by atoms with van der Waals surface area (Å²) in [5, 5.41) is 3.64. The summed E-state index contributed by atoms with van der Waals surface area (Å²) in [6, 6.07) is 28.5. The zero-order valence-corrected chi connectivity index (χ0v) is 22.9. The Balaban J connectivity index is 1.32. The topological polar surface area (TPSA) is 64.6 Å². The van der Waals surface area contributed by atoms with Crippen LogP contribution in [-0.2, 0) is 22.6 Å². The van der Waals surface area contributed by atoms with E-state index in [2.05, 4.69) is 5.32 Å². The van der Waals surface area contributed by atoms with E-state index in [0.717, 1.165) is 26.7 Å². The maximum absolute atomic E-state index is 12.5. The van der Waals surface area contributed by atoms with Gasteiger partial charge in [0.2, 0.25) is 5.91 Å². The number of esters is 1. The van der Waals surface area contributed by atoms with Crippen molar-refractivity contribution in [2.75, 3.05) is 12.4 Å². The summed E-state index contributed by atoms with van der Waals surface area (Å²) in [7, 11) is 1.27. The van der Waals surface area contributed by atoms with Crippen LogP contribution < -0.4 is 10.1 Å². The van der Waals surface area contributed by atoms with Gasteiger partial charge in [0, 0.05) is 26.9 Å². The van der Waals surface area contributed by atoms with Gasteiger partial charge in [-0.25, -0.2) is 4.79 Å². The molecule has 0 aliphatic carbocycles. The molecule has 1 N–H and O–H groups in total. The van der Waals surface area contributed by atoms with Crippen molar-refractivity contribution in [3.63, 3.8) is 0 Å². The van der Waals surface area contributed by atoms with E-state index in [1.54, 1.807) is 23.9 Å². The molecule has 0 aliphatic heterocycles. The minimum absolute atomic E-state index is 0.191. The van der Waals surface area contributed by atoms with Gasteiger partial charge in [0.05, 0.1) is 17.7 Å². The van der Waals surface area contributed by atoms with Gasteiger partial charge in [-0.3, -0.25) is 4.79 Å². The number of rotatable bonds is 10. The highest BCUT2D eigenvalue weighted by atomic mass is 35.5. The van der Waals surface area contributed by atoms with Gasteiger partial charge in [-0.05, 0) is 66.1 Å². The number of hydrogen-bond acceptors (Lipinski definition) is 5. The lowest BCUT2D eigenvalue weighted by Crippen LogP contribution is -2.13. The third kappa shape index (κ3) is 7.78. The highest BCUT2D eigenvalue weighted by Crippen LogP contribution is 2.33. The number of halogens is 2. The molecule has 4 aromatic carbocycles. The molecule has 0 saturated carbocycles. The normalized spacial score (nSPS) is 10.6. The van der Waals surface area contributed by atoms with Crippen molar-refractivity contribution in [1.82, 2.24) is 0 Å². The SMILES string of the molecule is COC(=O)c1cc(NC(=O)CCc2ccc(Sc3cccc(OCc4ccccc4)c3)cc2Cl)ccc1Cl. The lowest BCUT2D eigenvalue weighted by atomic mass is 10.1. The number of hydrogen-bond donors (Lipinski definition) is 1. The number of benzene rings is 4. The van der Waals surface area contributed by atoms with Crippen LogP contribution in [0.3, 0.4) is 0 Å². The average molecular weight is 567 g/mol. The maximum Gasteiger partial charge on any atom is 0.339 e. The Morgan fingerprint density at radius 1 is 0.842 bits per heavy atom. The van der Waals surface area contributed by atoms with Crippen LogP contribution in [0.2, 0.25) is 10.0 Å². The van der Waals surface area contributed by atoms with Gasteiger partial charge in [-0.15, -0.1) is 0 Å². The van der Waals surface area contributed by atoms with Gasteiger partial charge in [0.15, 0.2) is 0 Å². The molecule has 0 aromatic heterocycles. The molecule has 5 nitrogen and oxygen atoms in total. The molecule has 0 atom stereocenters. The van der Waals surface area contributed by atoms with Crippen LogP contribution in [0.25, 0.3) is 0 Å². The van der Waals surface area contributed by atoms with Gasteiger partial charge in [0.1, 0.15) is 12.4 Å². The number of carbonyl (C=O) groups excluding carboxylic acids is 2. The second-order valence-corrected chi connectivity index (χ2v) is 10.3. The van der Waals surface area contributed by atoms with Crippen molar-refractivity contribution < 1.29 is 19.1 Å². The number of carbonyl (C=O) groups is 2. The first-order valence-electron chi connectivity index (χ1n) is 11.8. The number of aryl methyl sites for hydroxylation is 1. The first-order valence-corrected chi connectivity index (χ1v) is 13.4. The quantitative estimate of drug-likeness (QED) is 0.197. The van der Waals surface area contributed by atoms with Gasteiger partial charge in [-0.1, -0.05) is 77.4 Å². The summed E-state index contributed by atoms with van der Waals surface area (Å²) >= 11 is 14.2. The van der Waals surface area contributed by atoms with Crippen LogP contribution in [0.5, 0.6) is 5.75 Å². The molecular formula is C30H25Cl2NO4S. The van der Waals surface area contributed by atoms with E-state index in [9.17, 15) is 9.59 Å². The maximum atomic E-state index is 12.5. The van der Waals surface area contributed by atoms with E-state index < -0.39 is 5.97 Å². The van der Waals surface area contributed by atoms with Crippen LogP contribution in [0.15, 0.2) is 101 Å². The van der Waals surface area contributed by atoms with Crippen LogP contribution in [0.1, 0.15) is 27.9 Å². The summed E-state index contributed by atoms with van der Waals surface area (Å²) in [5.74, 6) is 0.0271. The molecule has 0 saturated heterocycles. The lowest BCUT2D eigenvalue weighted by Gasteiger charge is -2.10. The van der Waals surface area contributed by atoms with Gasteiger partial charge in [0.25, 0.3) is 0 Å². The molecule has 4 rings (SSSR count). The smallest absolute Gasteiger partial charge is 0.339 e. The van der Waals surface area contributed by atoms with E-state index in [0.29, 0.717) is 23.7 Å². The molecule has 0 bridgehead atoms. The van der Waals surface area contributed by atoms with E-state index in [1.165, 1.54) is 13.2 Å². The van der Waals surface area contributed by atoms with E-state index >= 15 is 0 Å². The molecule has 0 fully saturated rings. The standard InChI is InChI=1S/C30H25Cl2NO4S/c1-36-30(35)26-16-22(12-14-27(26)31)33-29(34)15-11-21-10-13-25(18-28(21)32)38-24-9-5-8-23(17-24)37-19-20-6-3-2-4-7-20/h2-10,12-14,16-18H,11,15,19H2,1H3,(H,33,34). The minimum Gasteiger partial charge on any atom is -0.489 e. The van der Waals surface area contributed by atoms with Crippen molar-refractivity contribution in [3.05, 3.63) is 118 Å². The highest BCUT2D eigenvalue weighted by molar-refractivity contribution is 7.99. The second kappa shape index (κ2) is 13.4. The predicted octanol–water partition coefficient (Wildman–Crippen LogP) is 8.08. The monoisotopic (exact) mass is 565 g/mol. The van der Waals surface area contributed by atoms with Crippen molar-refractivity contribution in [1.29, 1.82) is 0 Å². The van der Waals surface area contributed by atoms with Gasteiger partial charge < -0.3 is 14.8 Å². The molecule has 4 aromatic rings. The Labute approximate surface area is 236 Å². The zero-order valence-electron chi connectivity index (χ0n) is 20.6. The Kier molecular flexibility index (Phi) is 9.71. The van der Waals surface area contributed by atoms with Crippen LogP contribution >= 0.6 is 35.0 Å². The largest absolute Gasteiger partial charge is 0.489 e. The van der Waals surface area contributed by atoms with Gasteiger partial charge in [-0.2, -0.15) is 0 Å². The summed E-state index contributed by atoms with van der Waals surface area (Å²) in [6.45, 7) is 0.507. The fourth-order valence-electron chi connectivity index (χ4n) is 3.64. The molecule has 38 heavy (non-hydrogen) atoms. The predicted molar refractivity (Wildman–Crippen MR) is 153 cm³/mol. The Bertz CT molecular complexity index is 1430.